The Kier molecular flexibility index (Phi) is 5.53. The lowest BCUT2D eigenvalue weighted by Crippen LogP contribution is -2.18. The second-order valence-corrected chi connectivity index (χ2v) is 7.50. The van der Waals surface area contributed by atoms with Crippen LogP contribution >= 0.6 is 0 Å². The topological polar surface area (TPSA) is 103 Å². The van der Waals surface area contributed by atoms with E-state index in [1.165, 1.54) is 18.3 Å². The minimum Gasteiger partial charge on any atom is -0.507 e. The van der Waals surface area contributed by atoms with Gasteiger partial charge in [0, 0.05) is 22.1 Å². The standard InChI is InChI=1S/C26H18FN5O2/c27-18-11-9-16(10-12-18)25-17(14-28-31-25)15-29-32-26(34)21-13-23(20-6-2-4-8-24(20)33)30-22-7-3-1-5-19(21)22/h1-15,33H,(H,28,31)(H,32,34). The molecule has 0 aliphatic heterocycles. The van der Waals surface area contributed by atoms with E-state index in [2.05, 4.69) is 25.7 Å². The Morgan fingerprint density at radius 3 is 2.62 bits per heavy atom. The van der Waals surface area contributed by atoms with Gasteiger partial charge in [-0.05, 0) is 48.5 Å². The van der Waals surface area contributed by atoms with Crippen LogP contribution in [0.25, 0.3) is 33.4 Å². The van der Waals surface area contributed by atoms with Crippen LogP contribution in [0.1, 0.15) is 15.9 Å². The van der Waals surface area contributed by atoms with Crippen LogP contribution in [0.4, 0.5) is 4.39 Å². The molecule has 0 saturated heterocycles. The number of hydrogen-bond acceptors (Lipinski definition) is 5. The number of halogens is 1. The maximum Gasteiger partial charge on any atom is 0.272 e. The van der Waals surface area contributed by atoms with Crippen LogP contribution in [-0.4, -0.2) is 32.4 Å². The number of nitrogens with zero attached hydrogens (tertiary/aromatic N) is 3. The lowest BCUT2D eigenvalue weighted by atomic mass is 10.0. The van der Waals surface area contributed by atoms with Gasteiger partial charge in [0.1, 0.15) is 11.6 Å². The van der Waals surface area contributed by atoms with Crippen molar-refractivity contribution in [3.8, 4) is 28.3 Å². The molecule has 0 aliphatic rings. The van der Waals surface area contributed by atoms with Gasteiger partial charge in [-0.25, -0.2) is 14.8 Å². The normalized spacial score (nSPS) is 11.2. The van der Waals surface area contributed by atoms with E-state index >= 15 is 0 Å². The number of phenolic OH excluding ortho intramolecular Hbond substituents is 1. The summed E-state index contributed by atoms with van der Waals surface area (Å²) in [5.74, 6) is -0.695. The van der Waals surface area contributed by atoms with Crippen LogP contribution in [0.15, 0.2) is 90.2 Å². The van der Waals surface area contributed by atoms with Gasteiger partial charge in [-0.3, -0.25) is 9.89 Å². The number of hydrazone groups is 1. The summed E-state index contributed by atoms with van der Waals surface area (Å²) < 4.78 is 13.2. The molecule has 5 rings (SSSR count). The number of carbonyl (C=O) groups excluding carboxylic acids is 1. The molecule has 0 unspecified atom stereocenters. The van der Waals surface area contributed by atoms with E-state index in [-0.39, 0.29) is 11.6 Å². The molecular formula is C26H18FN5O2. The molecule has 1 amide bonds. The third kappa shape index (κ3) is 4.12. The Labute approximate surface area is 193 Å². The van der Waals surface area contributed by atoms with Gasteiger partial charge in [0.05, 0.1) is 34.9 Å². The first kappa shape index (κ1) is 21.0. The fourth-order valence-corrected chi connectivity index (χ4v) is 3.65. The second-order valence-electron chi connectivity index (χ2n) is 7.50. The minimum absolute atomic E-state index is 0.0722. The predicted octanol–water partition coefficient (Wildman–Crippen LogP) is 4.90. The maximum absolute atomic E-state index is 13.2. The second kappa shape index (κ2) is 8.95. The monoisotopic (exact) mass is 451 g/mol. The van der Waals surface area contributed by atoms with Crippen LogP contribution in [-0.2, 0) is 0 Å². The first-order valence-electron chi connectivity index (χ1n) is 10.4. The summed E-state index contributed by atoms with van der Waals surface area (Å²) in [4.78, 5) is 17.7. The Bertz CT molecular complexity index is 1530. The zero-order chi connectivity index (χ0) is 23.5. The molecule has 5 aromatic rings. The van der Waals surface area contributed by atoms with Crippen LogP contribution in [0.2, 0.25) is 0 Å². The average molecular weight is 451 g/mol. The average Bonchev–Trinajstić information content (AvgIpc) is 3.32. The number of para-hydroxylation sites is 2. The Morgan fingerprint density at radius 2 is 1.79 bits per heavy atom. The highest BCUT2D eigenvalue weighted by molar-refractivity contribution is 6.07. The zero-order valence-electron chi connectivity index (χ0n) is 17.7. The number of hydrogen-bond donors (Lipinski definition) is 3. The number of nitrogens with one attached hydrogen (secondary N) is 2. The molecule has 0 fully saturated rings. The van der Waals surface area contributed by atoms with Crippen molar-refractivity contribution in [2.75, 3.05) is 0 Å². The van der Waals surface area contributed by atoms with Gasteiger partial charge in [-0.15, -0.1) is 0 Å². The molecule has 3 N–H and O–H groups in total. The fourth-order valence-electron chi connectivity index (χ4n) is 3.65. The Hall–Kier alpha value is -4.85. The molecule has 166 valence electrons. The molecule has 2 heterocycles. The highest BCUT2D eigenvalue weighted by Gasteiger charge is 2.15. The number of phenols is 1. The van der Waals surface area contributed by atoms with E-state index in [9.17, 15) is 14.3 Å². The number of pyridine rings is 1. The van der Waals surface area contributed by atoms with Crippen LogP contribution in [0.5, 0.6) is 5.75 Å². The molecule has 0 aliphatic carbocycles. The van der Waals surface area contributed by atoms with Gasteiger partial charge in [-0.2, -0.15) is 10.2 Å². The van der Waals surface area contributed by atoms with E-state index in [0.29, 0.717) is 39.0 Å². The van der Waals surface area contributed by atoms with Gasteiger partial charge < -0.3 is 5.11 Å². The van der Waals surface area contributed by atoms with Crippen molar-refractivity contribution >= 4 is 23.0 Å². The van der Waals surface area contributed by atoms with Gasteiger partial charge in [0.2, 0.25) is 0 Å². The number of amides is 1. The molecule has 0 spiro atoms. The SMILES string of the molecule is O=C(NN=Cc1cn[nH]c1-c1ccc(F)cc1)c1cc(-c2ccccc2O)nc2ccccc12. The van der Waals surface area contributed by atoms with Crippen molar-refractivity contribution in [1.29, 1.82) is 0 Å². The van der Waals surface area contributed by atoms with Crippen molar-refractivity contribution in [3.05, 3.63) is 102 Å². The van der Waals surface area contributed by atoms with E-state index in [0.717, 1.165) is 5.56 Å². The van der Waals surface area contributed by atoms with Gasteiger partial charge in [-0.1, -0.05) is 30.3 Å². The summed E-state index contributed by atoms with van der Waals surface area (Å²) in [6, 6.07) is 21.7. The molecule has 7 nitrogen and oxygen atoms in total. The number of rotatable bonds is 5. The third-order valence-electron chi connectivity index (χ3n) is 5.31. The fraction of sp³-hybridized carbons (Fsp3) is 0. The summed E-state index contributed by atoms with van der Waals surface area (Å²) in [5, 5.41) is 21.9. The van der Waals surface area contributed by atoms with E-state index < -0.39 is 5.91 Å². The Balaban J connectivity index is 1.45. The largest absolute Gasteiger partial charge is 0.507 e. The molecule has 34 heavy (non-hydrogen) atoms. The summed E-state index contributed by atoms with van der Waals surface area (Å²) in [7, 11) is 0. The summed E-state index contributed by atoms with van der Waals surface area (Å²) in [5.41, 5.74) is 6.54. The predicted molar refractivity (Wildman–Crippen MR) is 128 cm³/mol. The maximum atomic E-state index is 13.2. The first-order valence-corrected chi connectivity index (χ1v) is 10.4. The lowest BCUT2D eigenvalue weighted by molar-refractivity contribution is 0.0956. The third-order valence-corrected chi connectivity index (χ3v) is 5.31. The molecule has 2 aromatic heterocycles. The van der Waals surface area contributed by atoms with Crippen LogP contribution in [0, 0.1) is 5.82 Å². The molecular weight excluding hydrogens is 433 g/mol. The molecule has 0 bridgehead atoms. The van der Waals surface area contributed by atoms with Crippen LogP contribution in [0.3, 0.4) is 0 Å². The van der Waals surface area contributed by atoms with E-state index in [1.807, 2.05) is 12.1 Å². The van der Waals surface area contributed by atoms with Crippen molar-refractivity contribution in [2.24, 2.45) is 5.10 Å². The number of aromatic amines is 1. The van der Waals surface area contributed by atoms with Crippen LogP contribution < -0.4 is 5.43 Å². The summed E-state index contributed by atoms with van der Waals surface area (Å²) in [6.45, 7) is 0. The van der Waals surface area contributed by atoms with E-state index in [4.69, 9.17) is 0 Å². The molecule has 0 saturated carbocycles. The zero-order valence-corrected chi connectivity index (χ0v) is 17.7. The lowest BCUT2D eigenvalue weighted by Gasteiger charge is -2.10. The Morgan fingerprint density at radius 1 is 1.03 bits per heavy atom. The van der Waals surface area contributed by atoms with Crippen molar-refractivity contribution in [1.82, 2.24) is 20.6 Å². The van der Waals surface area contributed by atoms with Gasteiger partial charge in [0.25, 0.3) is 5.91 Å². The summed E-state index contributed by atoms with van der Waals surface area (Å²) in [6.07, 6.45) is 3.03. The number of carbonyl (C=O) groups is 1. The van der Waals surface area contributed by atoms with Gasteiger partial charge >= 0.3 is 0 Å². The van der Waals surface area contributed by atoms with Gasteiger partial charge in [0.15, 0.2) is 0 Å². The molecule has 8 heteroatoms. The number of fused-ring (bicyclic) bond motifs is 1. The van der Waals surface area contributed by atoms with Crippen molar-refractivity contribution < 1.29 is 14.3 Å². The summed E-state index contributed by atoms with van der Waals surface area (Å²) >= 11 is 0. The highest BCUT2D eigenvalue weighted by Crippen LogP contribution is 2.30. The first-order chi connectivity index (χ1) is 16.6. The smallest absolute Gasteiger partial charge is 0.272 e. The number of aromatic hydroxyl groups is 1. The number of aromatic nitrogens is 3. The minimum atomic E-state index is -0.432. The van der Waals surface area contributed by atoms with Crippen molar-refractivity contribution in [3.63, 3.8) is 0 Å². The van der Waals surface area contributed by atoms with Crippen molar-refractivity contribution in [2.45, 2.75) is 0 Å². The number of H-pyrrole nitrogens is 1. The van der Waals surface area contributed by atoms with E-state index in [1.54, 1.807) is 60.8 Å². The number of benzene rings is 3. The molecule has 0 radical (unpaired) electrons. The highest BCUT2D eigenvalue weighted by atomic mass is 19.1. The molecule has 3 aromatic carbocycles. The molecule has 0 atom stereocenters. The quantitative estimate of drug-likeness (QED) is 0.261.